The van der Waals surface area contributed by atoms with Crippen molar-refractivity contribution in [3.8, 4) is 0 Å². The molecule has 0 spiro atoms. The van der Waals surface area contributed by atoms with E-state index in [2.05, 4.69) is 0 Å². The summed E-state index contributed by atoms with van der Waals surface area (Å²) in [4.78, 5) is 0. The van der Waals surface area contributed by atoms with Gasteiger partial charge in [-0.3, -0.25) is 0 Å². The number of hydrogen-bond acceptors (Lipinski definition) is 4. The molecule has 1 aliphatic rings. The van der Waals surface area contributed by atoms with E-state index < -0.39 is 10.0 Å². The average Bonchev–Trinajstić information content (AvgIpc) is 2.19. The first-order valence-electron chi connectivity index (χ1n) is 4.71. The second-order valence-electron chi connectivity index (χ2n) is 3.17. The van der Waals surface area contributed by atoms with Crippen molar-refractivity contribution in [3.05, 3.63) is 0 Å². The Morgan fingerprint density at radius 2 is 2.00 bits per heavy atom. The number of rotatable bonds is 5. The molecule has 0 aliphatic carbocycles. The van der Waals surface area contributed by atoms with Crippen LogP contribution in [-0.2, 0) is 19.5 Å². The summed E-state index contributed by atoms with van der Waals surface area (Å²) < 4.78 is 34.7. The Labute approximate surface area is 85.0 Å². The lowest BCUT2D eigenvalue weighted by Gasteiger charge is -2.25. The minimum absolute atomic E-state index is 0.167. The molecule has 1 heterocycles. The second kappa shape index (κ2) is 5.65. The molecule has 0 aromatic heterocycles. The number of methoxy groups -OCH3 is 1. The first-order valence-corrected chi connectivity index (χ1v) is 6.32. The average molecular weight is 223 g/mol. The summed E-state index contributed by atoms with van der Waals surface area (Å²) >= 11 is 0. The normalized spacial score (nSPS) is 19.8. The van der Waals surface area contributed by atoms with Gasteiger partial charge >= 0.3 is 0 Å². The predicted octanol–water partition coefficient (Wildman–Crippen LogP) is -0.315. The number of nitrogens with zero attached hydrogens (tertiary/aromatic N) is 1. The number of sulfonamides is 1. The third kappa shape index (κ3) is 3.53. The molecule has 6 heteroatoms. The zero-order chi connectivity index (χ0) is 10.4. The minimum Gasteiger partial charge on any atom is -0.385 e. The van der Waals surface area contributed by atoms with E-state index in [-0.39, 0.29) is 5.75 Å². The van der Waals surface area contributed by atoms with Crippen LogP contribution in [0.2, 0.25) is 0 Å². The molecule has 1 fully saturated rings. The van der Waals surface area contributed by atoms with Gasteiger partial charge in [0, 0.05) is 26.8 Å². The van der Waals surface area contributed by atoms with Gasteiger partial charge < -0.3 is 9.47 Å². The molecule has 0 aromatic rings. The summed E-state index contributed by atoms with van der Waals surface area (Å²) in [6.45, 7) is 2.46. The molecule has 0 radical (unpaired) electrons. The Morgan fingerprint density at radius 3 is 2.57 bits per heavy atom. The van der Waals surface area contributed by atoms with Crippen LogP contribution in [0.15, 0.2) is 0 Å². The maximum absolute atomic E-state index is 11.7. The van der Waals surface area contributed by atoms with E-state index in [4.69, 9.17) is 9.47 Å². The fraction of sp³-hybridized carbons (Fsp3) is 1.00. The van der Waals surface area contributed by atoms with Gasteiger partial charge in [-0.05, 0) is 6.42 Å². The Bertz CT molecular complexity index is 246. The molecular weight excluding hydrogens is 206 g/mol. The van der Waals surface area contributed by atoms with Gasteiger partial charge in [0.15, 0.2) is 0 Å². The Morgan fingerprint density at radius 1 is 1.36 bits per heavy atom. The van der Waals surface area contributed by atoms with Crippen molar-refractivity contribution < 1.29 is 17.9 Å². The van der Waals surface area contributed by atoms with E-state index in [1.165, 1.54) is 4.31 Å². The molecule has 0 saturated carbocycles. The minimum atomic E-state index is -3.08. The zero-order valence-corrected chi connectivity index (χ0v) is 9.25. The topological polar surface area (TPSA) is 55.8 Å². The molecule has 0 N–H and O–H groups in total. The highest BCUT2D eigenvalue weighted by atomic mass is 32.2. The summed E-state index contributed by atoms with van der Waals surface area (Å²) in [5.41, 5.74) is 0. The SMILES string of the molecule is COCCCS(=O)(=O)N1CCOCC1. The van der Waals surface area contributed by atoms with Crippen LogP contribution in [0.1, 0.15) is 6.42 Å². The fourth-order valence-corrected chi connectivity index (χ4v) is 2.79. The second-order valence-corrected chi connectivity index (χ2v) is 5.26. The van der Waals surface area contributed by atoms with Crippen molar-refractivity contribution in [1.29, 1.82) is 0 Å². The van der Waals surface area contributed by atoms with Crippen LogP contribution in [0.4, 0.5) is 0 Å². The van der Waals surface area contributed by atoms with Gasteiger partial charge in [0.05, 0.1) is 19.0 Å². The molecule has 84 valence electrons. The zero-order valence-electron chi connectivity index (χ0n) is 8.44. The molecule has 1 rings (SSSR count). The third-order valence-electron chi connectivity index (χ3n) is 2.11. The van der Waals surface area contributed by atoms with Gasteiger partial charge in [-0.15, -0.1) is 0 Å². The highest BCUT2D eigenvalue weighted by molar-refractivity contribution is 7.89. The van der Waals surface area contributed by atoms with E-state index in [9.17, 15) is 8.42 Å². The van der Waals surface area contributed by atoms with Gasteiger partial charge in [-0.1, -0.05) is 0 Å². The Balaban J connectivity index is 2.38. The standard InChI is InChI=1S/C8H17NO4S/c1-12-5-2-8-14(10,11)9-3-6-13-7-4-9/h2-8H2,1H3. The Hall–Kier alpha value is -0.170. The van der Waals surface area contributed by atoms with Crippen LogP contribution in [0.25, 0.3) is 0 Å². The van der Waals surface area contributed by atoms with Gasteiger partial charge in [0.25, 0.3) is 0 Å². The van der Waals surface area contributed by atoms with Crippen molar-refractivity contribution >= 4 is 10.0 Å². The molecule has 0 amide bonds. The van der Waals surface area contributed by atoms with Crippen molar-refractivity contribution in [3.63, 3.8) is 0 Å². The summed E-state index contributed by atoms with van der Waals surface area (Å²) in [5.74, 6) is 0.167. The quantitative estimate of drug-likeness (QED) is 0.600. The summed E-state index contributed by atoms with van der Waals surface area (Å²) in [7, 11) is -1.51. The molecule has 1 saturated heterocycles. The van der Waals surface area contributed by atoms with Crippen molar-refractivity contribution in [2.24, 2.45) is 0 Å². The van der Waals surface area contributed by atoms with Gasteiger partial charge in [-0.25, -0.2) is 8.42 Å². The maximum Gasteiger partial charge on any atom is 0.214 e. The summed E-state index contributed by atoms with van der Waals surface area (Å²) in [6.07, 6.45) is 0.552. The van der Waals surface area contributed by atoms with Gasteiger partial charge in [-0.2, -0.15) is 4.31 Å². The van der Waals surface area contributed by atoms with Crippen molar-refractivity contribution in [2.75, 3.05) is 45.8 Å². The predicted molar refractivity (Wildman–Crippen MR) is 52.7 cm³/mol. The monoisotopic (exact) mass is 223 g/mol. The third-order valence-corrected chi connectivity index (χ3v) is 4.07. The summed E-state index contributed by atoms with van der Waals surface area (Å²) in [6, 6.07) is 0. The van der Waals surface area contributed by atoms with Crippen LogP contribution < -0.4 is 0 Å². The molecule has 0 atom stereocenters. The lowest BCUT2D eigenvalue weighted by Crippen LogP contribution is -2.41. The first-order chi connectivity index (χ1) is 6.67. The van der Waals surface area contributed by atoms with Gasteiger partial charge in [0.2, 0.25) is 10.0 Å². The largest absolute Gasteiger partial charge is 0.385 e. The highest BCUT2D eigenvalue weighted by Gasteiger charge is 2.23. The van der Waals surface area contributed by atoms with Gasteiger partial charge in [0.1, 0.15) is 0 Å². The smallest absolute Gasteiger partial charge is 0.214 e. The fourth-order valence-electron chi connectivity index (χ4n) is 1.34. The molecule has 14 heavy (non-hydrogen) atoms. The number of morpholine rings is 1. The van der Waals surface area contributed by atoms with Crippen LogP contribution in [0, 0.1) is 0 Å². The first kappa shape index (κ1) is 11.9. The van der Waals surface area contributed by atoms with E-state index in [0.29, 0.717) is 39.3 Å². The van der Waals surface area contributed by atoms with Crippen LogP contribution in [0.5, 0.6) is 0 Å². The molecule has 0 bridgehead atoms. The van der Waals surface area contributed by atoms with Crippen molar-refractivity contribution in [1.82, 2.24) is 4.31 Å². The van der Waals surface area contributed by atoms with Crippen LogP contribution >= 0.6 is 0 Å². The van der Waals surface area contributed by atoms with Crippen LogP contribution in [-0.4, -0.2) is 58.5 Å². The summed E-state index contributed by atoms with van der Waals surface area (Å²) in [5, 5.41) is 0. The number of hydrogen-bond donors (Lipinski definition) is 0. The molecule has 5 nitrogen and oxygen atoms in total. The van der Waals surface area contributed by atoms with Crippen molar-refractivity contribution in [2.45, 2.75) is 6.42 Å². The molecular formula is C8H17NO4S. The number of ether oxygens (including phenoxy) is 2. The molecule has 1 aliphatic heterocycles. The van der Waals surface area contributed by atoms with E-state index >= 15 is 0 Å². The van der Waals surface area contributed by atoms with E-state index in [0.717, 1.165) is 0 Å². The van der Waals surface area contributed by atoms with E-state index in [1.807, 2.05) is 0 Å². The lowest BCUT2D eigenvalue weighted by molar-refractivity contribution is 0.0729. The lowest BCUT2D eigenvalue weighted by atomic mass is 10.5. The van der Waals surface area contributed by atoms with Crippen LogP contribution in [0.3, 0.4) is 0 Å². The highest BCUT2D eigenvalue weighted by Crippen LogP contribution is 2.06. The maximum atomic E-state index is 11.7. The van der Waals surface area contributed by atoms with E-state index in [1.54, 1.807) is 7.11 Å². The molecule has 0 unspecified atom stereocenters. The molecule has 0 aromatic carbocycles. The Kier molecular flexibility index (Phi) is 4.80.